The van der Waals surface area contributed by atoms with Crippen LogP contribution in [0.4, 0.5) is 0 Å². The second kappa shape index (κ2) is 4.79. The molecule has 0 bridgehead atoms. The van der Waals surface area contributed by atoms with Crippen LogP contribution in [0.1, 0.15) is 22.2 Å². The van der Waals surface area contributed by atoms with Gasteiger partial charge in [-0.25, -0.2) is 13.6 Å². The number of aryl methyl sites for hydroxylation is 1. The minimum absolute atomic E-state index is 0.0446. The molecule has 2 rings (SSSR count). The van der Waals surface area contributed by atoms with E-state index in [-0.39, 0.29) is 18.0 Å². The van der Waals surface area contributed by atoms with Gasteiger partial charge in [-0.1, -0.05) is 18.2 Å². The van der Waals surface area contributed by atoms with Crippen LogP contribution in [0.25, 0.3) is 10.1 Å². The fourth-order valence-electron chi connectivity index (χ4n) is 1.89. The second-order valence-corrected chi connectivity index (χ2v) is 6.94. The summed E-state index contributed by atoms with van der Waals surface area (Å²) in [6.07, 6.45) is 0.285. The largest absolute Gasteiger partial charge is 0.294 e. The molecule has 0 aliphatic heterocycles. The van der Waals surface area contributed by atoms with Crippen LogP contribution < -0.4 is 5.14 Å². The molecule has 4 nitrogen and oxygen atoms in total. The third-order valence-electron chi connectivity index (χ3n) is 2.63. The first kappa shape index (κ1) is 13.2. The summed E-state index contributed by atoms with van der Waals surface area (Å²) in [6, 6.07) is 7.56. The van der Waals surface area contributed by atoms with Gasteiger partial charge in [-0.05, 0) is 19.4 Å². The van der Waals surface area contributed by atoms with Gasteiger partial charge in [0.05, 0.1) is 5.75 Å². The fraction of sp³-hybridized carbons (Fsp3) is 0.250. The number of carbonyl (C=O) groups excluding carboxylic acids is 1. The third-order valence-corrected chi connectivity index (χ3v) is 4.64. The zero-order valence-corrected chi connectivity index (χ0v) is 11.5. The monoisotopic (exact) mass is 283 g/mol. The van der Waals surface area contributed by atoms with Crippen molar-refractivity contribution in [2.24, 2.45) is 5.14 Å². The van der Waals surface area contributed by atoms with Gasteiger partial charge in [0.25, 0.3) is 0 Å². The lowest BCUT2D eigenvalue weighted by molar-refractivity contribution is 0.101. The van der Waals surface area contributed by atoms with Crippen molar-refractivity contribution in [2.75, 3.05) is 5.75 Å². The Morgan fingerprint density at radius 1 is 1.33 bits per heavy atom. The summed E-state index contributed by atoms with van der Waals surface area (Å²) < 4.78 is 23.0. The molecule has 6 heteroatoms. The molecule has 0 saturated carbocycles. The Hall–Kier alpha value is -1.24. The first-order valence-electron chi connectivity index (χ1n) is 5.40. The van der Waals surface area contributed by atoms with Crippen molar-refractivity contribution in [1.82, 2.24) is 0 Å². The Bertz CT molecular complexity index is 701. The molecule has 0 amide bonds. The average molecular weight is 283 g/mol. The molecule has 2 N–H and O–H groups in total. The van der Waals surface area contributed by atoms with Crippen LogP contribution in [0.15, 0.2) is 24.3 Å². The fourth-order valence-corrected chi connectivity index (χ4v) is 3.76. The molecule has 0 atom stereocenters. The van der Waals surface area contributed by atoms with Crippen molar-refractivity contribution >= 4 is 37.2 Å². The predicted octanol–water partition coefficient (Wildman–Crippen LogP) is 1.93. The molecule has 1 aromatic carbocycles. The Morgan fingerprint density at radius 3 is 2.61 bits per heavy atom. The highest BCUT2D eigenvalue weighted by Crippen LogP contribution is 2.32. The van der Waals surface area contributed by atoms with Gasteiger partial charge in [0, 0.05) is 20.5 Å². The van der Waals surface area contributed by atoms with Gasteiger partial charge in [-0.15, -0.1) is 11.3 Å². The number of ketones is 1. The van der Waals surface area contributed by atoms with Gasteiger partial charge in [0.15, 0.2) is 5.78 Å². The highest BCUT2D eigenvalue weighted by Gasteiger charge is 2.16. The van der Waals surface area contributed by atoms with Crippen molar-refractivity contribution in [3.05, 3.63) is 34.7 Å². The number of rotatable bonds is 4. The number of thiophene rings is 1. The Balaban J connectivity index is 2.49. The van der Waals surface area contributed by atoms with Crippen LogP contribution in [0, 0.1) is 0 Å². The number of benzene rings is 1. The van der Waals surface area contributed by atoms with E-state index < -0.39 is 10.0 Å². The summed E-state index contributed by atoms with van der Waals surface area (Å²) in [6.45, 7) is 1.49. The number of hydrogen-bond donors (Lipinski definition) is 1. The molecule has 2 aromatic rings. The molecule has 0 fully saturated rings. The summed E-state index contributed by atoms with van der Waals surface area (Å²) in [5.74, 6) is -0.183. The number of carbonyl (C=O) groups is 1. The number of primary sulfonamides is 1. The van der Waals surface area contributed by atoms with Crippen molar-refractivity contribution in [3.8, 4) is 0 Å². The maximum Gasteiger partial charge on any atom is 0.209 e. The molecule has 18 heavy (non-hydrogen) atoms. The van der Waals surface area contributed by atoms with Gasteiger partial charge < -0.3 is 0 Å². The number of Topliss-reactive ketones (excluding diaryl/α,β-unsaturated/α-hetero) is 1. The number of nitrogens with two attached hydrogens (primary N) is 1. The smallest absolute Gasteiger partial charge is 0.209 e. The minimum atomic E-state index is -3.51. The van der Waals surface area contributed by atoms with Gasteiger partial charge in [0.1, 0.15) is 0 Å². The quantitative estimate of drug-likeness (QED) is 0.871. The Labute approximate surface area is 109 Å². The molecule has 0 aliphatic rings. The van der Waals surface area contributed by atoms with Crippen molar-refractivity contribution in [1.29, 1.82) is 0 Å². The highest BCUT2D eigenvalue weighted by molar-refractivity contribution is 7.89. The summed E-state index contributed by atoms with van der Waals surface area (Å²) in [4.78, 5) is 12.5. The summed E-state index contributed by atoms with van der Waals surface area (Å²) in [5, 5.41) is 5.88. The Morgan fingerprint density at radius 2 is 2.00 bits per heavy atom. The zero-order valence-electron chi connectivity index (χ0n) is 9.84. The molecule has 1 heterocycles. The summed E-state index contributed by atoms with van der Waals surface area (Å²) in [5.41, 5.74) is 0.624. The molecule has 0 saturated heterocycles. The van der Waals surface area contributed by atoms with Crippen LogP contribution in [0.3, 0.4) is 0 Å². The van der Waals surface area contributed by atoms with Crippen LogP contribution in [0.5, 0.6) is 0 Å². The topological polar surface area (TPSA) is 77.2 Å². The van der Waals surface area contributed by atoms with E-state index in [4.69, 9.17) is 5.14 Å². The van der Waals surface area contributed by atoms with Gasteiger partial charge in [-0.3, -0.25) is 4.79 Å². The van der Waals surface area contributed by atoms with Gasteiger partial charge in [-0.2, -0.15) is 0 Å². The van der Waals surface area contributed by atoms with E-state index in [1.54, 1.807) is 0 Å². The maximum absolute atomic E-state index is 11.7. The van der Waals surface area contributed by atoms with Crippen LogP contribution in [-0.2, 0) is 16.4 Å². The number of sulfonamides is 1. The van der Waals surface area contributed by atoms with E-state index in [9.17, 15) is 13.2 Å². The van der Waals surface area contributed by atoms with E-state index in [0.29, 0.717) is 5.56 Å². The standard InChI is InChI=1S/C12H13NO3S2/c1-8(14)12-9-4-2-3-5-10(9)17-11(12)6-7-18(13,15)16/h2-5H,6-7H2,1H3,(H2,13,15,16). The summed E-state index contributed by atoms with van der Waals surface area (Å²) >= 11 is 1.45. The van der Waals surface area contributed by atoms with E-state index in [1.165, 1.54) is 18.3 Å². The van der Waals surface area contributed by atoms with Crippen LogP contribution in [0.2, 0.25) is 0 Å². The Kier molecular flexibility index (Phi) is 3.52. The van der Waals surface area contributed by atoms with E-state index in [1.807, 2.05) is 24.3 Å². The van der Waals surface area contributed by atoms with Crippen molar-refractivity contribution in [2.45, 2.75) is 13.3 Å². The van der Waals surface area contributed by atoms with Crippen LogP contribution in [-0.4, -0.2) is 20.0 Å². The second-order valence-electron chi connectivity index (χ2n) is 4.07. The minimum Gasteiger partial charge on any atom is -0.294 e. The van der Waals surface area contributed by atoms with Gasteiger partial charge in [0.2, 0.25) is 10.0 Å². The zero-order chi connectivity index (χ0) is 13.3. The predicted molar refractivity (Wildman–Crippen MR) is 73.5 cm³/mol. The lowest BCUT2D eigenvalue weighted by Gasteiger charge is -2.00. The lowest BCUT2D eigenvalue weighted by Crippen LogP contribution is -2.18. The third kappa shape index (κ3) is 2.77. The molecule has 0 radical (unpaired) electrons. The molecular formula is C12H13NO3S2. The average Bonchev–Trinajstić information content (AvgIpc) is 2.63. The first-order valence-corrected chi connectivity index (χ1v) is 7.93. The van der Waals surface area contributed by atoms with E-state index in [2.05, 4.69) is 0 Å². The van der Waals surface area contributed by atoms with Crippen molar-refractivity contribution in [3.63, 3.8) is 0 Å². The van der Waals surface area contributed by atoms with Crippen molar-refractivity contribution < 1.29 is 13.2 Å². The molecule has 0 aliphatic carbocycles. The summed E-state index contributed by atoms with van der Waals surface area (Å²) in [7, 11) is -3.51. The molecule has 96 valence electrons. The normalized spacial score (nSPS) is 11.9. The molecule has 1 aromatic heterocycles. The molecular weight excluding hydrogens is 270 g/mol. The number of fused-ring (bicyclic) bond motifs is 1. The van der Waals surface area contributed by atoms with E-state index >= 15 is 0 Å². The number of hydrogen-bond acceptors (Lipinski definition) is 4. The molecule has 0 spiro atoms. The molecule has 0 unspecified atom stereocenters. The highest BCUT2D eigenvalue weighted by atomic mass is 32.2. The van der Waals surface area contributed by atoms with Gasteiger partial charge >= 0.3 is 0 Å². The maximum atomic E-state index is 11.7. The first-order chi connectivity index (χ1) is 8.38. The lowest BCUT2D eigenvalue weighted by atomic mass is 10.1. The van der Waals surface area contributed by atoms with Crippen LogP contribution >= 0.6 is 11.3 Å². The SMILES string of the molecule is CC(=O)c1c(CCS(N)(=O)=O)sc2ccccc12. The van der Waals surface area contributed by atoms with E-state index in [0.717, 1.165) is 15.0 Å².